The number of aliphatic carboxylic acids is 1. The Bertz CT molecular complexity index is 319. The van der Waals surface area contributed by atoms with Gasteiger partial charge in [-0.1, -0.05) is 0 Å². The third-order valence-electron chi connectivity index (χ3n) is 2.49. The molecule has 0 aromatic carbocycles. The molecule has 7 heteroatoms. The van der Waals surface area contributed by atoms with Crippen molar-refractivity contribution < 1.29 is 28.2 Å². The summed E-state index contributed by atoms with van der Waals surface area (Å²) in [5.41, 5.74) is -1.44. The van der Waals surface area contributed by atoms with Crippen LogP contribution in [0.1, 0.15) is 12.8 Å². The van der Waals surface area contributed by atoms with E-state index in [1.807, 2.05) is 0 Å². The molecule has 1 saturated heterocycles. The SMILES string of the molecule is O=C(O)C1(OCCO)CCS(=O)(=O)CC1. The van der Waals surface area contributed by atoms with Crippen molar-refractivity contribution in [3.05, 3.63) is 0 Å². The molecule has 0 aromatic rings. The van der Waals surface area contributed by atoms with Gasteiger partial charge in [-0.2, -0.15) is 0 Å². The van der Waals surface area contributed by atoms with Crippen LogP contribution in [0.5, 0.6) is 0 Å². The number of aliphatic hydroxyl groups is 1. The fourth-order valence-electron chi connectivity index (χ4n) is 1.53. The van der Waals surface area contributed by atoms with Crippen LogP contribution in [0.2, 0.25) is 0 Å². The first-order valence-corrected chi connectivity index (χ1v) is 6.43. The highest BCUT2D eigenvalue weighted by atomic mass is 32.2. The topological polar surface area (TPSA) is 101 Å². The average Bonchev–Trinajstić information content (AvgIpc) is 2.16. The predicted octanol–water partition coefficient (Wildman–Crippen LogP) is -0.973. The fraction of sp³-hybridized carbons (Fsp3) is 0.875. The Morgan fingerprint density at radius 3 is 2.27 bits per heavy atom. The number of sulfone groups is 1. The molecule has 1 fully saturated rings. The van der Waals surface area contributed by atoms with Gasteiger partial charge in [-0.15, -0.1) is 0 Å². The lowest BCUT2D eigenvalue weighted by Gasteiger charge is -2.32. The third-order valence-corrected chi connectivity index (χ3v) is 4.15. The number of hydrogen-bond acceptors (Lipinski definition) is 5. The van der Waals surface area contributed by atoms with Crippen LogP contribution in [0.25, 0.3) is 0 Å². The second-order valence-corrected chi connectivity index (χ2v) is 5.83. The summed E-state index contributed by atoms with van der Waals surface area (Å²) in [6.07, 6.45) is -0.102. The Kier molecular flexibility index (Phi) is 3.69. The van der Waals surface area contributed by atoms with Gasteiger partial charge in [0.1, 0.15) is 0 Å². The molecule has 0 aromatic heterocycles. The highest BCUT2D eigenvalue weighted by molar-refractivity contribution is 7.91. The zero-order chi connectivity index (χ0) is 11.5. The molecule has 0 atom stereocenters. The zero-order valence-corrected chi connectivity index (χ0v) is 8.99. The lowest BCUT2D eigenvalue weighted by atomic mass is 9.97. The average molecular weight is 238 g/mol. The molecule has 1 aliphatic rings. The minimum Gasteiger partial charge on any atom is -0.479 e. The summed E-state index contributed by atoms with van der Waals surface area (Å²) in [4.78, 5) is 11.0. The largest absolute Gasteiger partial charge is 0.479 e. The molecule has 0 spiro atoms. The van der Waals surface area contributed by atoms with Gasteiger partial charge in [-0.25, -0.2) is 13.2 Å². The number of carbonyl (C=O) groups is 1. The third kappa shape index (κ3) is 2.90. The van der Waals surface area contributed by atoms with Gasteiger partial charge in [0.15, 0.2) is 15.4 Å². The molecule has 88 valence electrons. The van der Waals surface area contributed by atoms with Crippen LogP contribution in [-0.2, 0) is 19.4 Å². The molecule has 0 saturated carbocycles. The van der Waals surface area contributed by atoms with Crippen LogP contribution in [0.3, 0.4) is 0 Å². The molecule has 1 aliphatic heterocycles. The van der Waals surface area contributed by atoms with E-state index in [1.165, 1.54) is 0 Å². The number of carboxylic acid groups (broad SMARTS) is 1. The van der Waals surface area contributed by atoms with E-state index < -0.39 is 21.4 Å². The molecular formula is C8H14O6S. The highest BCUT2D eigenvalue weighted by Gasteiger charge is 2.44. The number of rotatable bonds is 4. The van der Waals surface area contributed by atoms with Crippen molar-refractivity contribution in [2.24, 2.45) is 0 Å². The standard InChI is InChI=1S/C8H14O6S/c9-3-4-14-8(7(10)11)1-5-15(12,13)6-2-8/h9H,1-6H2,(H,10,11). The lowest BCUT2D eigenvalue weighted by Crippen LogP contribution is -2.48. The summed E-state index contributed by atoms with van der Waals surface area (Å²) in [6.45, 7) is -0.367. The first-order chi connectivity index (χ1) is 6.92. The Labute approximate surface area is 87.8 Å². The normalized spacial score (nSPS) is 23.5. The first kappa shape index (κ1) is 12.4. The van der Waals surface area contributed by atoms with E-state index in [0.717, 1.165) is 0 Å². The molecule has 0 bridgehead atoms. The molecule has 0 radical (unpaired) electrons. The molecule has 1 rings (SSSR count). The maximum absolute atomic E-state index is 11.1. The summed E-state index contributed by atoms with van der Waals surface area (Å²) < 4.78 is 27.3. The van der Waals surface area contributed by atoms with Crippen LogP contribution in [0, 0.1) is 0 Å². The van der Waals surface area contributed by atoms with Gasteiger partial charge in [-0.05, 0) is 0 Å². The summed E-state index contributed by atoms with van der Waals surface area (Å²) in [5.74, 6) is -1.51. The van der Waals surface area contributed by atoms with Crippen LogP contribution in [0.15, 0.2) is 0 Å². The highest BCUT2D eigenvalue weighted by Crippen LogP contribution is 2.27. The molecule has 6 nitrogen and oxygen atoms in total. The van der Waals surface area contributed by atoms with Gasteiger partial charge in [0.2, 0.25) is 0 Å². The van der Waals surface area contributed by atoms with Gasteiger partial charge >= 0.3 is 5.97 Å². The Morgan fingerprint density at radius 1 is 1.33 bits per heavy atom. The van der Waals surface area contributed by atoms with Crippen molar-refractivity contribution >= 4 is 15.8 Å². The second kappa shape index (κ2) is 4.46. The van der Waals surface area contributed by atoms with Gasteiger partial charge in [0, 0.05) is 12.8 Å². The Balaban J connectivity index is 2.73. The predicted molar refractivity (Wildman–Crippen MR) is 51.3 cm³/mol. The van der Waals surface area contributed by atoms with E-state index in [-0.39, 0.29) is 37.6 Å². The van der Waals surface area contributed by atoms with Gasteiger partial charge in [-0.3, -0.25) is 0 Å². The van der Waals surface area contributed by atoms with Crippen molar-refractivity contribution in [1.29, 1.82) is 0 Å². The van der Waals surface area contributed by atoms with Gasteiger partial charge < -0.3 is 14.9 Å². The Morgan fingerprint density at radius 2 is 1.87 bits per heavy atom. The van der Waals surface area contributed by atoms with Crippen LogP contribution in [0.4, 0.5) is 0 Å². The van der Waals surface area contributed by atoms with Crippen molar-refractivity contribution in [3.63, 3.8) is 0 Å². The lowest BCUT2D eigenvalue weighted by molar-refractivity contribution is -0.168. The molecule has 2 N–H and O–H groups in total. The smallest absolute Gasteiger partial charge is 0.336 e. The Hall–Kier alpha value is -0.660. The summed E-state index contributed by atoms with van der Waals surface area (Å²) in [6, 6.07) is 0. The second-order valence-electron chi connectivity index (χ2n) is 3.52. The number of ether oxygens (including phenoxy) is 1. The van der Waals surface area contributed by atoms with E-state index in [4.69, 9.17) is 14.9 Å². The fourth-order valence-corrected chi connectivity index (χ4v) is 3.01. The molecule has 0 amide bonds. The van der Waals surface area contributed by atoms with Crippen molar-refractivity contribution in [1.82, 2.24) is 0 Å². The molecule has 1 heterocycles. The van der Waals surface area contributed by atoms with E-state index in [0.29, 0.717) is 0 Å². The number of hydrogen-bond donors (Lipinski definition) is 2. The van der Waals surface area contributed by atoms with E-state index >= 15 is 0 Å². The first-order valence-electron chi connectivity index (χ1n) is 4.60. The minimum atomic E-state index is -3.12. The van der Waals surface area contributed by atoms with E-state index in [2.05, 4.69) is 0 Å². The maximum Gasteiger partial charge on any atom is 0.336 e. The number of aliphatic hydroxyl groups excluding tert-OH is 1. The van der Waals surface area contributed by atoms with Crippen molar-refractivity contribution in [2.75, 3.05) is 24.7 Å². The molecule has 15 heavy (non-hydrogen) atoms. The monoisotopic (exact) mass is 238 g/mol. The minimum absolute atomic E-state index is 0.0509. The molecular weight excluding hydrogens is 224 g/mol. The van der Waals surface area contributed by atoms with Gasteiger partial charge in [0.05, 0.1) is 24.7 Å². The quantitative estimate of drug-likeness (QED) is 0.653. The van der Waals surface area contributed by atoms with E-state index in [1.54, 1.807) is 0 Å². The van der Waals surface area contributed by atoms with Crippen LogP contribution < -0.4 is 0 Å². The molecule has 0 aliphatic carbocycles. The van der Waals surface area contributed by atoms with Crippen LogP contribution in [-0.4, -0.2) is 54.9 Å². The van der Waals surface area contributed by atoms with Gasteiger partial charge in [0.25, 0.3) is 0 Å². The summed E-state index contributed by atoms with van der Waals surface area (Å²) >= 11 is 0. The van der Waals surface area contributed by atoms with Crippen molar-refractivity contribution in [3.8, 4) is 0 Å². The maximum atomic E-state index is 11.1. The van der Waals surface area contributed by atoms with Crippen molar-refractivity contribution in [2.45, 2.75) is 18.4 Å². The summed E-state index contributed by atoms with van der Waals surface area (Å²) in [5, 5.41) is 17.5. The number of carboxylic acids is 1. The zero-order valence-electron chi connectivity index (χ0n) is 8.18. The molecule has 0 unspecified atom stereocenters. The summed E-state index contributed by atoms with van der Waals surface area (Å²) in [7, 11) is -3.12. The van der Waals surface area contributed by atoms with E-state index in [9.17, 15) is 13.2 Å². The van der Waals surface area contributed by atoms with Crippen LogP contribution >= 0.6 is 0 Å².